The van der Waals surface area contributed by atoms with Crippen molar-refractivity contribution >= 4 is 5.91 Å². The number of rotatable bonds is 5. The Morgan fingerprint density at radius 1 is 1.00 bits per heavy atom. The molecule has 4 rings (SSSR count). The van der Waals surface area contributed by atoms with Gasteiger partial charge in [0.05, 0.1) is 7.11 Å². The molecule has 1 N–H and O–H groups in total. The minimum absolute atomic E-state index is 0.0304. The van der Waals surface area contributed by atoms with E-state index in [1.165, 1.54) is 36.3 Å². The van der Waals surface area contributed by atoms with E-state index in [1.807, 2.05) is 0 Å². The zero-order valence-corrected chi connectivity index (χ0v) is 20.1. The average molecular weight is 513 g/mol. The number of ether oxygens (including phenoxy) is 2. The van der Waals surface area contributed by atoms with Gasteiger partial charge in [0.1, 0.15) is 5.82 Å². The number of nitrogens with zero attached hydrogens (tertiary/aromatic N) is 1. The van der Waals surface area contributed by atoms with Crippen molar-refractivity contribution in [3.05, 3.63) is 65.2 Å². The third-order valence-corrected chi connectivity index (χ3v) is 7.77. The van der Waals surface area contributed by atoms with Crippen LogP contribution in [0.2, 0.25) is 0 Å². The molecular formula is C26H29F5N2O3. The van der Waals surface area contributed by atoms with E-state index in [1.54, 1.807) is 6.07 Å². The molecule has 36 heavy (non-hydrogen) atoms. The highest BCUT2D eigenvalue weighted by atomic mass is 19.4. The predicted octanol–water partition coefficient (Wildman–Crippen LogP) is 4.76. The van der Waals surface area contributed by atoms with Gasteiger partial charge in [-0.1, -0.05) is 30.3 Å². The number of halogens is 5. The topological polar surface area (TPSA) is 50.8 Å². The Hall–Kier alpha value is -2.72. The molecule has 2 aromatic rings. The standard InChI is InChI=1S/C26H29F5N2O3/c1-35-22-20(28)9-8-19(27)21(22)18-16-32-13-10-24(18)11-14-33(15-12-24)23(34)25(36-2,26(29,30)31)17-6-4-3-5-7-17/h3-9,18,32H,10-16H2,1-2H3/t18-,25+/m0/s1. The summed E-state index contributed by atoms with van der Waals surface area (Å²) < 4.78 is 82.8. The molecule has 2 aliphatic heterocycles. The van der Waals surface area contributed by atoms with Crippen LogP contribution in [-0.2, 0) is 15.1 Å². The lowest BCUT2D eigenvalue weighted by Gasteiger charge is -2.51. The number of hydrogen-bond donors (Lipinski definition) is 1. The smallest absolute Gasteiger partial charge is 0.430 e. The SMILES string of the molecule is COc1c(F)ccc(F)c1[C@@H]1CNCCC12CCN(C(=O)[C@](OC)(c1ccccc1)C(F)(F)F)CC2. The molecule has 0 saturated carbocycles. The van der Waals surface area contributed by atoms with Crippen molar-refractivity contribution in [1.82, 2.24) is 10.2 Å². The third kappa shape index (κ3) is 4.24. The molecule has 0 radical (unpaired) electrons. The Balaban J connectivity index is 1.65. The van der Waals surface area contributed by atoms with Crippen molar-refractivity contribution in [3.8, 4) is 5.75 Å². The second-order valence-electron chi connectivity index (χ2n) is 9.39. The van der Waals surface area contributed by atoms with Crippen molar-refractivity contribution in [2.24, 2.45) is 5.41 Å². The molecule has 0 aliphatic carbocycles. The van der Waals surface area contributed by atoms with Crippen LogP contribution in [0.25, 0.3) is 0 Å². The molecule has 2 atom stereocenters. The number of carbonyl (C=O) groups excluding carboxylic acids is 1. The number of likely N-dealkylation sites (tertiary alicyclic amines) is 1. The molecule has 2 aliphatic rings. The molecule has 1 amide bonds. The second-order valence-corrected chi connectivity index (χ2v) is 9.39. The van der Waals surface area contributed by atoms with Crippen molar-refractivity contribution in [2.75, 3.05) is 40.4 Å². The van der Waals surface area contributed by atoms with Crippen LogP contribution < -0.4 is 10.1 Å². The number of nitrogens with one attached hydrogen (secondary N) is 1. The quantitative estimate of drug-likeness (QED) is 0.587. The van der Waals surface area contributed by atoms with Crippen LogP contribution in [-0.4, -0.2) is 57.4 Å². The van der Waals surface area contributed by atoms with Crippen LogP contribution in [0.1, 0.15) is 36.3 Å². The number of methoxy groups -OCH3 is 2. The lowest BCUT2D eigenvalue weighted by molar-refractivity contribution is -0.271. The fourth-order valence-electron chi connectivity index (χ4n) is 5.84. The largest absolute Gasteiger partial charge is 0.493 e. The normalized spacial score (nSPS) is 21.8. The van der Waals surface area contributed by atoms with E-state index >= 15 is 0 Å². The summed E-state index contributed by atoms with van der Waals surface area (Å²) in [4.78, 5) is 14.6. The molecule has 2 heterocycles. The summed E-state index contributed by atoms with van der Waals surface area (Å²) in [5.41, 5.74) is -3.85. The van der Waals surface area contributed by atoms with E-state index in [9.17, 15) is 26.7 Å². The monoisotopic (exact) mass is 512 g/mol. The number of hydrogen-bond acceptors (Lipinski definition) is 4. The van der Waals surface area contributed by atoms with E-state index < -0.39 is 40.7 Å². The maximum absolute atomic E-state index is 15.0. The van der Waals surface area contributed by atoms with Gasteiger partial charge < -0.3 is 19.7 Å². The van der Waals surface area contributed by atoms with Crippen LogP contribution in [0.5, 0.6) is 5.75 Å². The highest BCUT2D eigenvalue weighted by Crippen LogP contribution is 2.52. The van der Waals surface area contributed by atoms with Gasteiger partial charge in [-0.25, -0.2) is 8.78 Å². The first-order valence-corrected chi connectivity index (χ1v) is 11.8. The lowest BCUT2D eigenvalue weighted by Crippen LogP contribution is -2.59. The minimum atomic E-state index is -5.00. The Labute approximate surface area is 206 Å². The van der Waals surface area contributed by atoms with Gasteiger partial charge >= 0.3 is 6.18 Å². The highest BCUT2D eigenvalue weighted by Gasteiger charge is 2.64. The summed E-state index contributed by atoms with van der Waals surface area (Å²) in [6.07, 6.45) is -3.73. The number of alkyl halides is 3. The molecule has 10 heteroatoms. The van der Waals surface area contributed by atoms with Crippen molar-refractivity contribution in [3.63, 3.8) is 0 Å². The molecule has 0 bridgehead atoms. The highest BCUT2D eigenvalue weighted by molar-refractivity contribution is 5.88. The van der Waals surface area contributed by atoms with Gasteiger partial charge in [-0.05, 0) is 43.4 Å². The zero-order valence-electron chi connectivity index (χ0n) is 20.1. The van der Waals surface area contributed by atoms with Gasteiger partial charge in [-0.3, -0.25) is 4.79 Å². The Bertz CT molecular complexity index is 1090. The summed E-state index contributed by atoms with van der Waals surface area (Å²) in [7, 11) is 2.16. The van der Waals surface area contributed by atoms with Crippen LogP contribution in [0, 0.1) is 17.0 Å². The zero-order chi connectivity index (χ0) is 26.1. The van der Waals surface area contributed by atoms with Gasteiger partial charge in [0.15, 0.2) is 11.6 Å². The van der Waals surface area contributed by atoms with Crippen LogP contribution in [0.4, 0.5) is 22.0 Å². The molecule has 0 aromatic heterocycles. The average Bonchev–Trinajstić information content (AvgIpc) is 2.87. The molecular weight excluding hydrogens is 483 g/mol. The summed E-state index contributed by atoms with van der Waals surface area (Å²) in [5.74, 6) is -3.10. The molecule has 2 fully saturated rings. The second kappa shape index (κ2) is 9.97. The fourth-order valence-corrected chi connectivity index (χ4v) is 5.84. The van der Waals surface area contributed by atoms with Crippen molar-refractivity contribution in [2.45, 2.75) is 37.0 Å². The van der Waals surface area contributed by atoms with Crippen molar-refractivity contribution < 1.29 is 36.2 Å². The van der Waals surface area contributed by atoms with Gasteiger partial charge in [-0.15, -0.1) is 0 Å². The van der Waals surface area contributed by atoms with Crippen LogP contribution in [0.3, 0.4) is 0 Å². The Morgan fingerprint density at radius 3 is 2.22 bits per heavy atom. The summed E-state index contributed by atoms with van der Waals surface area (Å²) >= 11 is 0. The first kappa shape index (κ1) is 26.3. The first-order valence-electron chi connectivity index (χ1n) is 11.8. The summed E-state index contributed by atoms with van der Waals surface area (Å²) in [6, 6.07) is 8.93. The third-order valence-electron chi connectivity index (χ3n) is 7.77. The van der Waals surface area contributed by atoms with E-state index in [0.717, 1.165) is 19.2 Å². The number of amides is 1. The molecule has 2 saturated heterocycles. The number of benzene rings is 2. The Kier molecular flexibility index (Phi) is 7.30. The van der Waals surface area contributed by atoms with Crippen LogP contribution >= 0.6 is 0 Å². The van der Waals surface area contributed by atoms with Gasteiger partial charge in [-0.2, -0.15) is 13.2 Å². The predicted molar refractivity (Wildman–Crippen MR) is 123 cm³/mol. The molecule has 1 spiro atoms. The maximum Gasteiger partial charge on any atom is 0.430 e. The van der Waals surface area contributed by atoms with Gasteiger partial charge in [0, 0.05) is 43.8 Å². The molecule has 196 valence electrons. The van der Waals surface area contributed by atoms with Crippen molar-refractivity contribution in [1.29, 1.82) is 0 Å². The Morgan fingerprint density at radius 2 is 1.64 bits per heavy atom. The van der Waals surface area contributed by atoms with Crippen LogP contribution in [0.15, 0.2) is 42.5 Å². The lowest BCUT2D eigenvalue weighted by atomic mass is 9.62. The van der Waals surface area contributed by atoms with E-state index in [2.05, 4.69) is 5.32 Å². The summed E-state index contributed by atoms with van der Waals surface area (Å²) in [6.45, 7) is 1.04. The maximum atomic E-state index is 15.0. The number of piperidine rings is 2. The first-order chi connectivity index (χ1) is 17.1. The fraction of sp³-hybridized carbons (Fsp3) is 0.500. The van der Waals surface area contributed by atoms with Gasteiger partial charge in [0.2, 0.25) is 0 Å². The molecule has 5 nitrogen and oxygen atoms in total. The van der Waals surface area contributed by atoms with Gasteiger partial charge in [0.25, 0.3) is 11.5 Å². The van der Waals surface area contributed by atoms with E-state index in [0.29, 0.717) is 32.4 Å². The number of carbonyl (C=O) groups is 1. The molecule has 2 aromatic carbocycles. The molecule has 0 unspecified atom stereocenters. The summed E-state index contributed by atoms with van der Waals surface area (Å²) in [5, 5.41) is 3.22. The van der Waals surface area contributed by atoms with E-state index in [4.69, 9.17) is 9.47 Å². The minimum Gasteiger partial charge on any atom is -0.493 e. The van der Waals surface area contributed by atoms with E-state index in [-0.39, 0.29) is 30.0 Å².